The molecule has 1 rings (SSSR count). The quantitative estimate of drug-likeness (QED) is 0.482. The van der Waals surface area contributed by atoms with Crippen LogP contribution in [0.4, 0.5) is 10.7 Å². The molecular formula is C4H3ClN2O2. The van der Waals surface area contributed by atoms with Crippen molar-refractivity contribution in [1.29, 1.82) is 0 Å². The average molecular weight is 147 g/mol. The summed E-state index contributed by atoms with van der Waals surface area (Å²) in [4.78, 5) is 10.1. The Hall–Kier alpha value is -1.03. The lowest BCUT2D eigenvalue weighted by Gasteiger charge is -1.87. The molecule has 0 saturated carbocycles. The highest BCUT2D eigenvalue weighted by atomic mass is 35.5. The van der Waals surface area contributed by atoms with Crippen molar-refractivity contribution in [3.63, 3.8) is 0 Å². The summed E-state index contributed by atoms with van der Waals surface area (Å²) >= 11 is 4.93. The first-order valence-corrected chi connectivity index (χ1v) is 2.54. The van der Waals surface area contributed by atoms with Crippen LogP contribution in [0.5, 0.6) is 0 Å². The standard InChI is InChI=1S/C4H3ClN2O2/c5-4(8)7-3-1-2-6-9-3/h1-2H,(H,7,8). The van der Waals surface area contributed by atoms with Gasteiger partial charge in [0.15, 0.2) is 0 Å². The molecule has 1 N–H and O–H groups in total. The Morgan fingerprint density at radius 1 is 1.89 bits per heavy atom. The van der Waals surface area contributed by atoms with E-state index in [9.17, 15) is 4.79 Å². The third kappa shape index (κ3) is 1.73. The van der Waals surface area contributed by atoms with Crippen LogP contribution < -0.4 is 5.32 Å². The number of nitrogens with one attached hydrogen (secondary N) is 1. The maximum atomic E-state index is 10.1. The normalized spacial score (nSPS) is 9.00. The van der Waals surface area contributed by atoms with Crippen molar-refractivity contribution in [3.05, 3.63) is 12.3 Å². The van der Waals surface area contributed by atoms with Gasteiger partial charge in [-0.2, -0.15) is 0 Å². The van der Waals surface area contributed by atoms with Crippen LogP contribution in [-0.2, 0) is 0 Å². The smallest absolute Gasteiger partial charge is 0.320 e. The fraction of sp³-hybridized carbons (Fsp3) is 0. The molecule has 0 fully saturated rings. The maximum Gasteiger partial charge on any atom is 0.320 e. The highest BCUT2D eigenvalue weighted by Crippen LogP contribution is 2.03. The van der Waals surface area contributed by atoms with Gasteiger partial charge in [-0.15, -0.1) is 0 Å². The molecular weight excluding hydrogens is 144 g/mol. The number of nitrogens with zero attached hydrogens (tertiary/aromatic N) is 1. The second kappa shape index (κ2) is 2.50. The molecule has 0 unspecified atom stereocenters. The molecule has 4 nitrogen and oxygen atoms in total. The summed E-state index contributed by atoms with van der Waals surface area (Å²) in [5.41, 5.74) is 0. The number of carbonyl (C=O) groups excluding carboxylic acids is 1. The number of halogens is 1. The van der Waals surface area contributed by atoms with Gasteiger partial charge in [0.2, 0.25) is 5.88 Å². The van der Waals surface area contributed by atoms with Crippen molar-refractivity contribution >= 4 is 22.9 Å². The Bertz CT molecular complexity index is 196. The average Bonchev–Trinajstić information content (AvgIpc) is 2.15. The summed E-state index contributed by atoms with van der Waals surface area (Å²) in [5.74, 6) is 0.245. The van der Waals surface area contributed by atoms with Crippen molar-refractivity contribution in [3.8, 4) is 0 Å². The lowest BCUT2D eigenvalue weighted by molar-refractivity contribution is 0.268. The Balaban J connectivity index is 2.58. The van der Waals surface area contributed by atoms with Gasteiger partial charge in [-0.25, -0.2) is 0 Å². The van der Waals surface area contributed by atoms with Gasteiger partial charge in [0.05, 0.1) is 6.20 Å². The molecule has 1 aromatic heterocycles. The van der Waals surface area contributed by atoms with E-state index in [4.69, 9.17) is 11.6 Å². The molecule has 0 aliphatic rings. The Morgan fingerprint density at radius 2 is 2.67 bits per heavy atom. The van der Waals surface area contributed by atoms with Crippen LogP contribution in [-0.4, -0.2) is 10.5 Å². The third-order valence-electron chi connectivity index (χ3n) is 0.659. The van der Waals surface area contributed by atoms with Crippen molar-refractivity contribution < 1.29 is 9.32 Å². The maximum absolute atomic E-state index is 10.1. The first-order chi connectivity index (χ1) is 4.29. The van der Waals surface area contributed by atoms with Gasteiger partial charge in [-0.3, -0.25) is 10.1 Å². The number of rotatable bonds is 1. The number of hydrogen-bond acceptors (Lipinski definition) is 3. The van der Waals surface area contributed by atoms with Crippen LogP contribution in [0.2, 0.25) is 0 Å². The van der Waals surface area contributed by atoms with Crippen LogP contribution in [0.25, 0.3) is 0 Å². The van der Waals surface area contributed by atoms with Gasteiger partial charge in [0, 0.05) is 6.07 Å². The summed E-state index contributed by atoms with van der Waals surface area (Å²) in [5, 5.41) is 4.82. The fourth-order valence-electron chi connectivity index (χ4n) is 0.377. The van der Waals surface area contributed by atoms with Crippen molar-refractivity contribution in [2.45, 2.75) is 0 Å². The first kappa shape index (κ1) is 6.10. The molecule has 1 heterocycles. The molecule has 1 amide bonds. The highest BCUT2D eigenvalue weighted by molar-refractivity contribution is 6.65. The summed E-state index contributed by atoms with van der Waals surface area (Å²) in [6.07, 6.45) is 1.40. The molecule has 48 valence electrons. The molecule has 9 heavy (non-hydrogen) atoms. The second-order valence-electron chi connectivity index (χ2n) is 1.28. The van der Waals surface area contributed by atoms with Gasteiger partial charge in [-0.1, -0.05) is 5.16 Å². The molecule has 0 aliphatic carbocycles. The highest BCUT2D eigenvalue weighted by Gasteiger charge is 1.97. The van der Waals surface area contributed by atoms with E-state index < -0.39 is 5.37 Å². The predicted molar refractivity (Wildman–Crippen MR) is 31.4 cm³/mol. The van der Waals surface area contributed by atoms with Crippen LogP contribution in [0.15, 0.2) is 16.8 Å². The Morgan fingerprint density at radius 3 is 3.11 bits per heavy atom. The predicted octanol–water partition coefficient (Wildman–Crippen LogP) is 1.45. The zero-order valence-electron chi connectivity index (χ0n) is 4.30. The summed E-state index contributed by atoms with van der Waals surface area (Å²) in [6, 6.07) is 1.49. The second-order valence-corrected chi connectivity index (χ2v) is 1.62. The molecule has 0 spiro atoms. The van der Waals surface area contributed by atoms with Gasteiger partial charge < -0.3 is 4.52 Å². The largest absolute Gasteiger partial charge is 0.338 e. The van der Waals surface area contributed by atoms with E-state index in [2.05, 4.69) is 15.0 Å². The Kier molecular flexibility index (Phi) is 1.69. The van der Waals surface area contributed by atoms with Gasteiger partial charge in [-0.05, 0) is 11.6 Å². The molecule has 1 aromatic rings. The molecule has 0 bridgehead atoms. The number of amides is 1. The van der Waals surface area contributed by atoms with Crippen LogP contribution >= 0.6 is 11.6 Å². The van der Waals surface area contributed by atoms with Crippen LogP contribution in [0, 0.1) is 0 Å². The Labute approximate surface area is 55.8 Å². The molecule has 0 saturated heterocycles. The number of carbonyl (C=O) groups is 1. The first-order valence-electron chi connectivity index (χ1n) is 2.16. The van der Waals surface area contributed by atoms with Crippen molar-refractivity contribution in [2.24, 2.45) is 0 Å². The minimum Gasteiger partial charge on any atom is -0.338 e. The molecule has 5 heteroatoms. The monoisotopic (exact) mass is 146 g/mol. The molecule has 0 aliphatic heterocycles. The van der Waals surface area contributed by atoms with Crippen LogP contribution in [0.1, 0.15) is 0 Å². The van der Waals surface area contributed by atoms with Gasteiger partial charge in [0.25, 0.3) is 0 Å². The lowest BCUT2D eigenvalue weighted by atomic mass is 10.7. The summed E-state index contributed by atoms with van der Waals surface area (Å²) in [7, 11) is 0. The lowest BCUT2D eigenvalue weighted by Crippen LogP contribution is -1.98. The third-order valence-corrected chi connectivity index (χ3v) is 0.754. The van der Waals surface area contributed by atoms with E-state index in [0.717, 1.165) is 0 Å². The van der Waals surface area contributed by atoms with Gasteiger partial charge >= 0.3 is 5.37 Å². The molecule has 0 aromatic carbocycles. The number of anilines is 1. The zero-order valence-corrected chi connectivity index (χ0v) is 5.05. The van der Waals surface area contributed by atoms with E-state index in [1.54, 1.807) is 0 Å². The zero-order chi connectivity index (χ0) is 6.69. The number of hydrogen-bond donors (Lipinski definition) is 1. The van der Waals surface area contributed by atoms with E-state index >= 15 is 0 Å². The minimum atomic E-state index is -0.688. The topological polar surface area (TPSA) is 55.1 Å². The molecule has 0 atom stereocenters. The van der Waals surface area contributed by atoms with Crippen molar-refractivity contribution in [2.75, 3.05) is 5.32 Å². The minimum absolute atomic E-state index is 0.245. The fourth-order valence-corrected chi connectivity index (χ4v) is 0.470. The van der Waals surface area contributed by atoms with E-state index in [1.165, 1.54) is 12.3 Å². The summed E-state index contributed by atoms with van der Waals surface area (Å²) < 4.78 is 4.48. The summed E-state index contributed by atoms with van der Waals surface area (Å²) in [6.45, 7) is 0. The van der Waals surface area contributed by atoms with Gasteiger partial charge in [0.1, 0.15) is 0 Å². The van der Waals surface area contributed by atoms with Crippen molar-refractivity contribution in [1.82, 2.24) is 5.16 Å². The van der Waals surface area contributed by atoms with E-state index in [1.807, 2.05) is 0 Å². The SMILES string of the molecule is O=C(Cl)Nc1ccno1. The van der Waals surface area contributed by atoms with E-state index in [0.29, 0.717) is 0 Å². The van der Waals surface area contributed by atoms with Crippen LogP contribution in [0.3, 0.4) is 0 Å². The van der Waals surface area contributed by atoms with E-state index in [-0.39, 0.29) is 5.88 Å². The number of aromatic nitrogens is 1. The molecule has 0 radical (unpaired) electrons.